The Morgan fingerprint density at radius 3 is 1.61 bits per heavy atom. The van der Waals surface area contributed by atoms with Gasteiger partial charge in [0, 0.05) is 46.4 Å². The predicted molar refractivity (Wildman–Crippen MR) is 244 cm³/mol. The molecule has 2 aromatic carbocycles. The fraction of sp³-hybridized carbons (Fsp3) is 0.286. The summed E-state index contributed by atoms with van der Waals surface area (Å²) >= 11 is 2.56. The minimum Gasteiger partial charge on any atom is -0.477 e. The molecule has 8 N–H and O–H groups in total. The highest BCUT2D eigenvalue weighted by Crippen LogP contribution is 2.31. The largest absolute Gasteiger partial charge is 0.477 e. The number of amides is 1. The number of nitrogen functional groups attached to an aromatic ring is 2. The maximum atomic E-state index is 12.6. The van der Waals surface area contributed by atoms with E-state index in [9.17, 15) is 26.4 Å². The van der Waals surface area contributed by atoms with E-state index in [2.05, 4.69) is 31.3 Å². The number of thiophene rings is 2. The van der Waals surface area contributed by atoms with Gasteiger partial charge in [-0.1, -0.05) is 39.1 Å². The highest BCUT2D eigenvalue weighted by Gasteiger charge is 2.26. The van der Waals surface area contributed by atoms with Gasteiger partial charge < -0.3 is 27.6 Å². The first kappa shape index (κ1) is 48.1. The number of fused-ring (bicyclic) bond motifs is 2. The third-order valence-corrected chi connectivity index (χ3v) is 15.2. The molecule has 4 aromatic heterocycles. The SMILES string of the molecule is C.C.Cc1cc(-c2ccnc(N)n2)ccc1CN.Cc1cc(-c2ccnc(N)n2)ccc1CNC(=O)c1cc2c(s1)CCS(=O)(=O)C2.O=C(O)c1cc2c(s1)CCS(=O)(=O)C2. The minimum absolute atomic E-state index is 0. The third kappa shape index (κ3) is 12.5. The van der Waals surface area contributed by atoms with Crippen molar-refractivity contribution in [2.45, 2.75) is 66.1 Å². The van der Waals surface area contributed by atoms with Gasteiger partial charge in [-0.15, -0.1) is 22.7 Å². The van der Waals surface area contributed by atoms with Gasteiger partial charge >= 0.3 is 5.97 Å². The first-order valence-electron chi connectivity index (χ1n) is 18.2. The number of nitrogens with two attached hydrogens (primary N) is 3. The second-order valence-corrected chi connectivity index (χ2v) is 20.5. The van der Waals surface area contributed by atoms with Gasteiger partial charge in [0.25, 0.3) is 5.91 Å². The molecule has 6 aromatic rings. The summed E-state index contributed by atoms with van der Waals surface area (Å²) in [5.74, 6) is -0.339. The van der Waals surface area contributed by atoms with Crippen LogP contribution in [0.2, 0.25) is 0 Å². The average molecular weight is 907 g/mol. The molecule has 0 spiro atoms. The molecule has 0 saturated carbocycles. The van der Waals surface area contributed by atoms with E-state index in [-0.39, 0.29) is 60.5 Å². The second kappa shape index (κ2) is 20.3. The Balaban J connectivity index is 0.000000217. The van der Waals surface area contributed by atoms with Gasteiger partial charge in [-0.3, -0.25) is 4.79 Å². The second-order valence-electron chi connectivity index (χ2n) is 13.9. The van der Waals surface area contributed by atoms with Crippen LogP contribution in [0.25, 0.3) is 22.5 Å². The Morgan fingerprint density at radius 1 is 0.705 bits per heavy atom. The van der Waals surface area contributed by atoms with Crippen molar-refractivity contribution in [2.24, 2.45) is 5.73 Å². The molecule has 1 amide bonds. The van der Waals surface area contributed by atoms with E-state index in [1.54, 1.807) is 24.5 Å². The maximum absolute atomic E-state index is 12.6. The van der Waals surface area contributed by atoms with Crippen molar-refractivity contribution >= 4 is 66.1 Å². The summed E-state index contributed by atoms with van der Waals surface area (Å²) < 4.78 is 46.1. The smallest absolute Gasteiger partial charge is 0.345 e. The molecule has 61 heavy (non-hydrogen) atoms. The number of carbonyl (C=O) groups is 2. The van der Waals surface area contributed by atoms with Crippen LogP contribution in [-0.4, -0.2) is 65.3 Å². The molecule has 6 heterocycles. The van der Waals surface area contributed by atoms with Crippen molar-refractivity contribution in [2.75, 3.05) is 23.0 Å². The summed E-state index contributed by atoms with van der Waals surface area (Å²) in [6, 6.07) is 18.8. The number of anilines is 2. The molecule has 324 valence electrons. The molecule has 0 radical (unpaired) electrons. The Labute approximate surface area is 364 Å². The molecule has 15 nitrogen and oxygen atoms in total. The molecule has 8 rings (SSSR count). The quantitative estimate of drug-likeness (QED) is 0.120. The van der Waals surface area contributed by atoms with E-state index < -0.39 is 25.6 Å². The zero-order valence-electron chi connectivity index (χ0n) is 32.1. The number of sulfone groups is 2. The summed E-state index contributed by atoms with van der Waals surface area (Å²) in [6.07, 6.45) is 4.22. The Hall–Kier alpha value is -5.60. The number of hydrogen-bond donors (Lipinski definition) is 5. The molecule has 19 heteroatoms. The van der Waals surface area contributed by atoms with Crippen LogP contribution < -0.4 is 22.5 Å². The van der Waals surface area contributed by atoms with Crippen molar-refractivity contribution in [1.29, 1.82) is 0 Å². The van der Waals surface area contributed by atoms with Crippen molar-refractivity contribution in [3.8, 4) is 22.5 Å². The summed E-state index contributed by atoms with van der Waals surface area (Å²) in [7, 11) is -6.04. The lowest BCUT2D eigenvalue weighted by molar-refractivity contribution is 0.0701. The summed E-state index contributed by atoms with van der Waals surface area (Å²) in [6.45, 7) is 4.95. The van der Waals surface area contributed by atoms with E-state index in [1.807, 2.05) is 50.2 Å². The van der Waals surface area contributed by atoms with Crippen LogP contribution in [0.4, 0.5) is 11.9 Å². The summed E-state index contributed by atoms with van der Waals surface area (Å²) in [5, 5.41) is 11.7. The number of aromatic nitrogens is 4. The number of aromatic carboxylic acids is 1. The molecule has 2 aliphatic rings. The van der Waals surface area contributed by atoms with E-state index in [1.165, 1.54) is 28.7 Å². The zero-order chi connectivity index (χ0) is 42.5. The molecule has 0 unspecified atom stereocenters. The monoisotopic (exact) mass is 906 g/mol. The lowest BCUT2D eigenvalue weighted by Gasteiger charge is -2.10. The Kier molecular flexibility index (Phi) is 16.0. The number of nitrogens with zero attached hydrogens (tertiary/aromatic N) is 4. The van der Waals surface area contributed by atoms with Crippen LogP contribution in [-0.2, 0) is 57.1 Å². The van der Waals surface area contributed by atoms with Crippen LogP contribution in [0.1, 0.15) is 77.3 Å². The van der Waals surface area contributed by atoms with Crippen molar-refractivity contribution in [1.82, 2.24) is 25.3 Å². The van der Waals surface area contributed by atoms with Gasteiger partial charge in [-0.2, -0.15) is 0 Å². The van der Waals surface area contributed by atoms with Crippen LogP contribution in [0, 0.1) is 13.8 Å². The fourth-order valence-electron chi connectivity index (χ4n) is 6.40. The van der Waals surface area contributed by atoms with Crippen molar-refractivity contribution < 1.29 is 31.5 Å². The highest BCUT2D eigenvalue weighted by molar-refractivity contribution is 7.91. The van der Waals surface area contributed by atoms with Gasteiger partial charge in [0.2, 0.25) is 11.9 Å². The van der Waals surface area contributed by atoms with Gasteiger partial charge in [0.1, 0.15) is 4.88 Å². The predicted octanol–water partition coefficient (Wildman–Crippen LogP) is 6.18. The Morgan fingerprint density at radius 2 is 1.16 bits per heavy atom. The summed E-state index contributed by atoms with van der Waals surface area (Å²) in [5.41, 5.74) is 26.1. The number of aryl methyl sites for hydroxylation is 4. The van der Waals surface area contributed by atoms with Crippen molar-refractivity contribution in [3.63, 3.8) is 0 Å². The van der Waals surface area contributed by atoms with Crippen LogP contribution in [0.3, 0.4) is 0 Å². The van der Waals surface area contributed by atoms with Gasteiger partial charge in [-0.25, -0.2) is 41.6 Å². The number of benzene rings is 2. The van der Waals surface area contributed by atoms with Crippen LogP contribution in [0.15, 0.2) is 73.1 Å². The number of nitrogens with one attached hydrogen (secondary N) is 1. The highest BCUT2D eigenvalue weighted by atomic mass is 32.2. The Bertz CT molecular complexity index is 2770. The molecule has 0 atom stereocenters. The van der Waals surface area contributed by atoms with Gasteiger partial charge in [0.05, 0.1) is 39.3 Å². The van der Waals surface area contributed by atoms with E-state index in [4.69, 9.17) is 22.3 Å². The first-order valence-corrected chi connectivity index (χ1v) is 23.5. The molecule has 0 saturated heterocycles. The number of carboxylic acids is 1. The molecular formula is C42H50N8O7S4. The molecule has 2 aliphatic heterocycles. The minimum atomic E-state index is -3.04. The summed E-state index contributed by atoms with van der Waals surface area (Å²) in [4.78, 5) is 42.0. The van der Waals surface area contributed by atoms with Gasteiger partial charge in [-0.05, 0) is 96.5 Å². The molecule has 0 bridgehead atoms. The van der Waals surface area contributed by atoms with Crippen LogP contribution >= 0.6 is 22.7 Å². The average Bonchev–Trinajstić information content (AvgIpc) is 3.81. The third-order valence-electron chi connectivity index (χ3n) is 9.54. The lowest BCUT2D eigenvalue weighted by atomic mass is 10.0. The lowest BCUT2D eigenvalue weighted by Crippen LogP contribution is -2.22. The molecular weight excluding hydrogens is 857 g/mol. The first-order chi connectivity index (χ1) is 28.0. The number of carbonyl (C=O) groups excluding carboxylic acids is 1. The molecule has 0 fully saturated rings. The number of carboxylic acid groups (broad SMARTS) is 1. The fourth-order valence-corrected chi connectivity index (χ4v) is 11.7. The topological polar surface area (TPSA) is 264 Å². The molecule has 0 aliphatic carbocycles. The number of hydrogen-bond acceptors (Lipinski definition) is 15. The van der Waals surface area contributed by atoms with E-state index in [0.717, 1.165) is 60.1 Å². The van der Waals surface area contributed by atoms with Crippen LogP contribution in [0.5, 0.6) is 0 Å². The standard InChI is InChI=1S/C20H20N4O3S2.C12H14N4.C8H8O4S2.2CH4/c1-12-8-13(16-4-6-22-20(21)24-16)2-3-14(12)10-23-19(25)18-9-15-11-29(26,27)7-5-17(15)28-18;1-8-6-9(2-3-10(8)7-13)11-4-5-15-12(14)16-11;9-8(10)7-3-5-4-14(11,12)2-1-6(5)13-7;;/h2-4,6,8-9H,5,7,10-11H2,1H3,(H,23,25)(H2,21,22,24);2-6H,7,13H2,1H3,(H2,14,15,16);3H,1-2,4H2,(H,9,10);2*1H4. The normalized spacial score (nSPS) is 14.1. The number of rotatable bonds is 7. The van der Waals surface area contributed by atoms with E-state index in [0.29, 0.717) is 36.4 Å². The zero-order valence-corrected chi connectivity index (χ0v) is 35.4. The van der Waals surface area contributed by atoms with Gasteiger partial charge in [0.15, 0.2) is 19.7 Å². The maximum Gasteiger partial charge on any atom is 0.345 e. The van der Waals surface area contributed by atoms with E-state index >= 15 is 0 Å². The van der Waals surface area contributed by atoms with Crippen molar-refractivity contribution in [3.05, 3.63) is 126 Å².